The molecule has 0 aliphatic carbocycles. The molecule has 0 saturated heterocycles. The van der Waals surface area contributed by atoms with E-state index < -0.39 is 0 Å². The maximum absolute atomic E-state index is 12.3. The third-order valence-electron chi connectivity index (χ3n) is 4.22. The van der Waals surface area contributed by atoms with Crippen LogP contribution >= 0.6 is 0 Å². The molecule has 0 spiro atoms. The largest absolute Gasteiger partial charge is 0.493 e. The normalized spacial score (nSPS) is 16.9. The van der Waals surface area contributed by atoms with Gasteiger partial charge in [-0.2, -0.15) is 0 Å². The number of methoxy groups -OCH3 is 2. The Kier molecular flexibility index (Phi) is 5.60. The summed E-state index contributed by atoms with van der Waals surface area (Å²) in [7, 11) is 3.20. The van der Waals surface area contributed by atoms with E-state index in [2.05, 4.69) is 16.0 Å². The molecule has 0 saturated carbocycles. The number of nitrogens with one attached hydrogen (secondary N) is 3. The number of anilines is 1. The van der Waals surface area contributed by atoms with Crippen molar-refractivity contribution in [3.8, 4) is 11.5 Å². The average molecular weight is 357 g/mol. The Labute approximate surface area is 152 Å². The summed E-state index contributed by atoms with van der Waals surface area (Å²) >= 11 is 0. The molecule has 0 bridgehead atoms. The quantitative estimate of drug-likeness (QED) is 0.661. The second-order valence-electron chi connectivity index (χ2n) is 5.88. The monoisotopic (exact) mass is 357 g/mol. The van der Waals surface area contributed by atoms with Crippen molar-refractivity contribution < 1.29 is 19.0 Å². The van der Waals surface area contributed by atoms with E-state index in [4.69, 9.17) is 14.2 Å². The van der Waals surface area contributed by atoms with Gasteiger partial charge in [0.1, 0.15) is 19.1 Å². The molecule has 2 aromatic rings. The van der Waals surface area contributed by atoms with Crippen LogP contribution < -0.4 is 25.4 Å². The van der Waals surface area contributed by atoms with E-state index in [1.165, 1.54) is 0 Å². The van der Waals surface area contributed by atoms with Crippen LogP contribution in [0.4, 0.5) is 5.69 Å². The molecule has 3 N–H and O–H groups in total. The van der Waals surface area contributed by atoms with E-state index >= 15 is 0 Å². The number of carbonyl (C=O) groups excluding carboxylic acids is 1. The smallest absolute Gasteiger partial charge is 0.255 e. The lowest BCUT2D eigenvalue weighted by Gasteiger charge is -2.28. The van der Waals surface area contributed by atoms with Gasteiger partial charge in [0.05, 0.1) is 12.7 Å². The van der Waals surface area contributed by atoms with Gasteiger partial charge in [-0.15, -0.1) is 0 Å². The molecule has 2 atom stereocenters. The standard InChI is InChI=1S/C19H23N3O4/c1-12(24-2)20-11-26-16-9-8-13(10-17(16)25-3)18-21-15-7-5-4-6-14(15)19(23)22-18/h4-10,12,18,20-21H,11H2,1-3H3,(H,22,23). The van der Waals surface area contributed by atoms with Crippen LogP contribution in [-0.4, -0.2) is 33.1 Å². The summed E-state index contributed by atoms with van der Waals surface area (Å²) in [5.41, 5.74) is 2.31. The van der Waals surface area contributed by atoms with Crippen LogP contribution in [0.15, 0.2) is 42.5 Å². The first kappa shape index (κ1) is 18.0. The number of ether oxygens (including phenoxy) is 3. The number of hydrogen-bond acceptors (Lipinski definition) is 6. The number of fused-ring (bicyclic) bond motifs is 1. The molecule has 0 aromatic heterocycles. The molecule has 0 fully saturated rings. The van der Waals surface area contributed by atoms with Crippen LogP contribution in [0.25, 0.3) is 0 Å². The Morgan fingerprint density at radius 2 is 1.92 bits per heavy atom. The summed E-state index contributed by atoms with van der Waals surface area (Å²) in [4.78, 5) is 12.3. The average Bonchev–Trinajstić information content (AvgIpc) is 2.68. The van der Waals surface area contributed by atoms with Crippen molar-refractivity contribution in [2.75, 3.05) is 26.3 Å². The van der Waals surface area contributed by atoms with Gasteiger partial charge in [0.15, 0.2) is 11.5 Å². The van der Waals surface area contributed by atoms with E-state index in [0.29, 0.717) is 17.1 Å². The summed E-state index contributed by atoms with van der Waals surface area (Å²) in [6.07, 6.45) is -0.450. The molecule has 3 rings (SSSR count). The summed E-state index contributed by atoms with van der Waals surface area (Å²) < 4.78 is 16.2. The van der Waals surface area contributed by atoms with Crippen LogP contribution in [0, 0.1) is 0 Å². The highest BCUT2D eigenvalue weighted by Gasteiger charge is 2.24. The molecule has 1 aliphatic heterocycles. The SMILES string of the molecule is COc1cc(C2NC(=O)c3ccccc3N2)ccc1OCNC(C)OC. The van der Waals surface area contributed by atoms with E-state index in [0.717, 1.165) is 11.3 Å². The predicted octanol–water partition coefficient (Wildman–Crippen LogP) is 2.47. The summed E-state index contributed by atoms with van der Waals surface area (Å²) in [5.74, 6) is 1.08. The lowest BCUT2D eigenvalue weighted by Crippen LogP contribution is -2.38. The van der Waals surface area contributed by atoms with Crippen LogP contribution in [0.3, 0.4) is 0 Å². The van der Waals surface area contributed by atoms with Gasteiger partial charge in [0.2, 0.25) is 0 Å². The van der Waals surface area contributed by atoms with Gasteiger partial charge in [-0.05, 0) is 36.8 Å². The van der Waals surface area contributed by atoms with Crippen LogP contribution in [0.5, 0.6) is 11.5 Å². The Hall–Kier alpha value is -2.77. The highest BCUT2D eigenvalue weighted by atomic mass is 16.5. The molecule has 2 aromatic carbocycles. The van der Waals surface area contributed by atoms with Crippen molar-refractivity contribution in [1.29, 1.82) is 0 Å². The van der Waals surface area contributed by atoms with E-state index in [1.807, 2.05) is 43.3 Å². The molecule has 1 aliphatic rings. The van der Waals surface area contributed by atoms with Crippen LogP contribution in [0.2, 0.25) is 0 Å². The van der Waals surface area contributed by atoms with E-state index in [9.17, 15) is 4.79 Å². The third-order valence-corrected chi connectivity index (χ3v) is 4.22. The van der Waals surface area contributed by atoms with Gasteiger partial charge in [0.25, 0.3) is 5.91 Å². The minimum absolute atomic E-state index is 0.109. The van der Waals surface area contributed by atoms with Gasteiger partial charge < -0.3 is 24.8 Å². The third kappa shape index (κ3) is 3.89. The summed E-state index contributed by atoms with van der Waals surface area (Å²) in [5, 5.41) is 9.33. The second kappa shape index (κ2) is 8.07. The molecule has 138 valence electrons. The topological polar surface area (TPSA) is 80.9 Å². The zero-order chi connectivity index (χ0) is 18.5. The highest BCUT2D eigenvalue weighted by Crippen LogP contribution is 2.32. The van der Waals surface area contributed by atoms with Gasteiger partial charge in [-0.1, -0.05) is 18.2 Å². The number of rotatable bonds is 7. The minimum Gasteiger partial charge on any atom is -0.493 e. The Balaban J connectivity index is 1.74. The summed E-state index contributed by atoms with van der Waals surface area (Å²) in [6.45, 7) is 2.18. The zero-order valence-corrected chi connectivity index (χ0v) is 15.0. The summed E-state index contributed by atoms with van der Waals surface area (Å²) in [6, 6.07) is 13.0. The Bertz CT molecular complexity index is 781. The molecule has 2 unspecified atom stereocenters. The lowest BCUT2D eigenvalue weighted by molar-refractivity contribution is 0.0677. The Morgan fingerprint density at radius 3 is 2.69 bits per heavy atom. The fourth-order valence-electron chi connectivity index (χ4n) is 2.68. The molecule has 1 heterocycles. The molecular formula is C19H23N3O4. The predicted molar refractivity (Wildman–Crippen MR) is 98.4 cm³/mol. The Morgan fingerprint density at radius 1 is 1.12 bits per heavy atom. The number of hydrogen-bond donors (Lipinski definition) is 3. The number of benzene rings is 2. The molecule has 1 amide bonds. The van der Waals surface area contributed by atoms with Crippen molar-refractivity contribution in [3.05, 3.63) is 53.6 Å². The highest BCUT2D eigenvalue weighted by molar-refractivity contribution is 6.01. The van der Waals surface area contributed by atoms with Crippen molar-refractivity contribution in [3.63, 3.8) is 0 Å². The van der Waals surface area contributed by atoms with E-state index in [1.54, 1.807) is 20.3 Å². The van der Waals surface area contributed by atoms with E-state index in [-0.39, 0.29) is 25.0 Å². The lowest BCUT2D eigenvalue weighted by atomic mass is 10.1. The van der Waals surface area contributed by atoms with Crippen molar-refractivity contribution in [1.82, 2.24) is 10.6 Å². The first-order valence-electron chi connectivity index (χ1n) is 8.35. The van der Waals surface area contributed by atoms with Gasteiger partial charge in [-0.3, -0.25) is 10.1 Å². The molecule has 7 nitrogen and oxygen atoms in total. The van der Waals surface area contributed by atoms with Crippen molar-refractivity contribution in [2.24, 2.45) is 0 Å². The van der Waals surface area contributed by atoms with Crippen LogP contribution in [-0.2, 0) is 4.74 Å². The maximum atomic E-state index is 12.3. The van der Waals surface area contributed by atoms with Crippen molar-refractivity contribution in [2.45, 2.75) is 19.3 Å². The zero-order valence-electron chi connectivity index (χ0n) is 15.0. The molecular weight excluding hydrogens is 334 g/mol. The van der Waals surface area contributed by atoms with Gasteiger partial charge in [-0.25, -0.2) is 0 Å². The minimum atomic E-state index is -0.341. The number of para-hydroxylation sites is 1. The first-order valence-corrected chi connectivity index (χ1v) is 8.35. The number of carbonyl (C=O) groups is 1. The first-order chi connectivity index (χ1) is 12.6. The fraction of sp³-hybridized carbons (Fsp3) is 0.316. The molecule has 0 radical (unpaired) electrons. The molecule has 26 heavy (non-hydrogen) atoms. The van der Waals surface area contributed by atoms with Crippen molar-refractivity contribution >= 4 is 11.6 Å². The molecule has 7 heteroatoms. The second-order valence-corrected chi connectivity index (χ2v) is 5.88. The van der Waals surface area contributed by atoms with Gasteiger partial charge in [0, 0.05) is 12.8 Å². The maximum Gasteiger partial charge on any atom is 0.255 e. The fourth-order valence-corrected chi connectivity index (χ4v) is 2.68. The number of amides is 1. The van der Waals surface area contributed by atoms with Crippen LogP contribution in [0.1, 0.15) is 29.0 Å². The van der Waals surface area contributed by atoms with Gasteiger partial charge >= 0.3 is 0 Å².